The van der Waals surface area contributed by atoms with Gasteiger partial charge in [-0.2, -0.15) is 13.2 Å². The van der Waals surface area contributed by atoms with Gasteiger partial charge in [-0.3, -0.25) is 4.98 Å². The Morgan fingerprint density at radius 2 is 1.94 bits per heavy atom. The van der Waals surface area contributed by atoms with Crippen LogP contribution in [0, 0.1) is 0 Å². The molecule has 1 atom stereocenters. The summed E-state index contributed by atoms with van der Waals surface area (Å²) in [6, 6.07) is 10.7. The Bertz CT molecular complexity index is 930. The molecule has 32 heavy (non-hydrogen) atoms. The van der Waals surface area contributed by atoms with Crippen molar-refractivity contribution < 1.29 is 22.7 Å². The van der Waals surface area contributed by atoms with E-state index < -0.39 is 18.2 Å². The highest BCUT2D eigenvalue weighted by molar-refractivity contribution is 5.75. The van der Waals surface area contributed by atoms with E-state index in [0.29, 0.717) is 31.7 Å². The molecule has 2 amide bonds. The fraction of sp³-hybridized carbons (Fsp3) is 0.478. The van der Waals surface area contributed by atoms with E-state index in [2.05, 4.69) is 10.3 Å². The fourth-order valence-electron chi connectivity index (χ4n) is 4.44. The van der Waals surface area contributed by atoms with Crippen molar-refractivity contribution in [2.24, 2.45) is 0 Å². The Labute approximate surface area is 185 Å². The smallest absolute Gasteiger partial charge is 0.390 e. The van der Waals surface area contributed by atoms with Gasteiger partial charge in [0.2, 0.25) is 0 Å². The van der Waals surface area contributed by atoms with Gasteiger partial charge in [0, 0.05) is 57.5 Å². The predicted molar refractivity (Wildman–Crippen MR) is 113 cm³/mol. The minimum atomic E-state index is -4.16. The molecule has 3 heterocycles. The topological polar surface area (TPSA) is 57.7 Å². The number of fused-ring (bicyclic) bond motifs is 1. The van der Waals surface area contributed by atoms with Crippen LogP contribution in [-0.4, -0.2) is 65.8 Å². The first-order chi connectivity index (χ1) is 15.3. The minimum Gasteiger partial charge on any atom is -0.485 e. The number of hydrogen-bond donors (Lipinski definition) is 1. The second kappa shape index (κ2) is 8.97. The molecule has 0 saturated carbocycles. The number of piperidine rings is 1. The van der Waals surface area contributed by atoms with E-state index in [-0.39, 0.29) is 25.2 Å². The van der Waals surface area contributed by atoms with Crippen molar-refractivity contribution in [1.29, 1.82) is 0 Å². The summed E-state index contributed by atoms with van der Waals surface area (Å²) < 4.78 is 44.4. The van der Waals surface area contributed by atoms with Crippen molar-refractivity contribution in [3.8, 4) is 5.75 Å². The van der Waals surface area contributed by atoms with Gasteiger partial charge in [0.1, 0.15) is 11.4 Å². The maximum Gasteiger partial charge on any atom is 0.390 e. The number of ether oxygens (including phenoxy) is 1. The third-order valence-electron chi connectivity index (χ3n) is 6.29. The van der Waals surface area contributed by atoms with Gasteiger partial charge in [0.05, 0.1) is 19.0 Å². The highest BCUT2D eigenvalue weighted by Crippen LogP contribution is 2.38. The van der Waals surface area contributed by atoms with E-state index in [4.69, 9.17) is 4.74 Å². The second-order valence-electron chi connectivity index (χ2n) is 8.49. The molecule has 1 aromatic heterocycles. The predicted octanol–water partition coefficient (Wildman–Crippen LogP) is 3.99. The van der Waals surface area contributed by atoms with Crippen LogP contribution in [0.1, 0.15) is 36.4 Å². The summed E-state index contributed by atoms with van der Waals surface area (Å²) >= 11 is 0. The minimum absolute atomic E-state index is 0.0195. The quantitative estimate of drug-likeness (QED) is 0.772. The molecule has 0 unspecified atom stereocenters. The van der Waals surface area contributed by atoms with Gasteiger partial charge in [-0.15, -0.1) is 0 Å². The number of hydrogen-bond acceptors (Lipinski definition) is 4. The van der Waals surface area contributed by atoms with Crippen molar-refractivity contribution in [3.63, 3.8) is 0 Å². The molecule has 4 rings (SSSR count). The third kappa shape index (κ3) is 4.98. The normalized spacial score (nSPS) is 21.7. The number of likely N-dealkylation sites (tertiary alicyclic amines) is 1. The highest BCUT2D eigenvalue weighted by Gasteiger charge is 2.41. The fourth-order valence-corrected chi connectivity index (χ4v) is 4.44. The largest absolute Gasteiger partial charge is 0.485 e. The summed E-state index contributed by atoms with van der Waals surface area (Å²) in [7, 11) is 1.74. The number of carbonyl (C=O) groups excluding carboxylic acids is 1. The number of nitrogens with zero attached hydrogens (tertiary/aromatic N) is 3. The molecule has 6 nitrogen and oxygen atoms in total. The number of rotatable bonds is 3. The number of carbonyl (C=O) groups is 1. The van der Waals surface area contributed by atoms with Crippen molar-refractivity contribution in [3.05, 3.63) is 59.9 Å². The molecule has 1 aromatic carbocycles. The zero-order valence-electron chi connectivity index (χ0n) is 17.9. The van der Waals surface area contributed by atoms with E-state index in [9.17, 15) is 18.0 Å². The molecule has 1 saturated heterocycles. The summed E-state index contributed by atoms with van der Waals surface area (Å²) in [5.74, 6) is 0.674. The Kier molecular flexibility index (Phi) is 6.28. The van der Waals surface area contributed by atoms with E-state index in [1.165, 1.54) is 0 Å². The summed E-state index contributed by atoms with van der Waals surface area (Å²) in [6.45, 7) is 1.23. The number of benzene rings is 1. The Balaban J connectivity index is 1.61. The lowest BCUT2D eigenvalue weighted by atomic mass is 9.90. The molecule has 1 spiro atoms. The van der Waals surface area contributed by atoms with Crippen LogP contribution in [0.25, 0.3) is 0 Å². The summed E-state index contributed by atoms with van der Waals surface area (Å²) in [4.78, 5) is 20.7. The molecule has 9 heteroatoms. The summed E-state index contributed by atoms with van der Waals surface area (Å²) in [5, 5.41) is 2.98. The maximum absolute atomic E-state index is 13.0. The molecular formula is C23H27F3N4O2. The molecule has 2 aromatic rings. The van der Waals surface area contributed by atoms with Crippen LogP contribution in [0.4, 0.5) is 18.0 Å². The molecule has 0 radical (unpaired) electrons. The molecule has 0 bridgehead atoms. The lowest BCUT2D eigenvalue weighted by Crippen LogP contribution is -2.55. The highest BCUT2D eigenvalue weighted by atomic mass is 19.4. The van der Waals surface area contributed by atoms with Gasteiger partial charge in [-0.25, -0.2) is 4.79 Å². The monoisotopic (exact) mass is 448 g/mol. The standard InChI is InChI=1S/C23H27F3N4O2/c1-29-20(17-5-4-11-27-15-17)18-6-2-3-7-19(18)32-22(16-28-21(29)31)8-12-30(13-9-22)14-10-23(24,25)26/h2-7,11,15,20H,8-10,12-14,16H2,1H3,(H,28,31)/t20-/m0/s1. The number of halogens is 3. The van der Waals surface area contributed by atoms with Gasteiger partial charge in [0.25, 0.3) is 0 Å². The van der Waals surface area contributed by atoms with Gasteiger partial charge >= 0.3 is 12.2 Å². The first kappa shape index (κ1) is 22.4. The summed E-state index contributed by atoms with van der Waals surface area (Å²) in [5.41, 5.74) is 1.03. The number of pyridine rings is 1. The lowest BCUT2D eigenvalue weighted by molar-refractivity contribution is -0.139. The van der Waals surface area contributed by atoms with Crippen LogP contribution >= 0.6 is 0 Å². The number of alkyl halides is 3. The van der Waals surface area contributed by atoms with Crippen LogP contribution in [0.3, 0.4) is 0 Å². The van der Waals surface area contributed by atoms with Crippen LogP contribution in [0.2, 0.25) is 0 Å². The van der Waals surface area contributed by atoms with Gasteiger partial charge in [0.15, 0.2) is 0 Å². The van der Waals surface area contributed by atoms with Crippen molar-refractivity contribution in [1.82, 2.24) is 20.1 Å². The van der Waals surface area contributed by atoms with E-state index in [0.717, 1.165) is 11.1 Å². The molecule has 0 aliphatic carbocycles. The first-order valence-corrected chi connectivity index (χ1v) is 10.7. The van der Waals surface area contributed by atoms with Crippen molar-refractivity contribution in [2.45, 2.75) is 37.1 Å². The van der Waals surface area contributed by atoms with Gasteiger partial charge < -0.3 is 19.9 Å². The van der Waals surface area contributed by atoms with E-state index >= 15 is 0 Å². The zero-order valence-corrected chi connectivity index (χ0v) is 17.9. The van der Waals surface area contributed by atoms with E-state index in [1.807, 2.05) is 41.3 Å². The number of para-hydroxylation sites is 1. The molecule has 1 fully saturated rings. The first-order valence-electron chi connectivity index (χ1n) is 10.7. The SMILES string of the molecule is CN1C(=O)NCC2(CCN(CCC(F)(F)F)CC2)Oc2ccccc2[C@@H]1c1cccnc1. The molecule has 2 aliphatic rings. The van der Waals surface area contributed by atoms with Crippen LogP contribution in [-0.2, 0) is 0 Å². The van der Waals surface area contributed by atoms with Gasteiger partial charge in [-0.1, -0.05) is 24.3 Å². The summed E-state index contributed by atoms with van der Waals surface area (Å²) in [6.07, 6.45) is -0.511. The van der Waals surface area contributed by atoms with E-state index in [1.54, 1.807) is 24.3 Å². The van der Waals surface area contributed by atoms with Crippen molar-refractivity contribution in [2.75, 3.05) is 33.2 Å². The molecular weight excluding hydrogens is 421 g/mol. The third-order valence-corrected chi connectivity index (χ3v) is 6.29. The van der Waals surface area contributed by atoms with Crippen LogP contribution in [0.5, 0.6) is 5.75 Å². The van der Waals surface area contributed by atoms with Gasteiger partial charge in [-0.05, 0) is 17.7 Å². The number of urea groups is 1. The molecule has 1 N–H and O–H groups in total. The van der Waals surface area contributed by atoms with Crippen LogP contribution < -0.4 is 10.1 Å². The maximum atomic E-state index is 13.0. The van der Waals surface area contributed by atoms with Crippen LogP contribution in [0.15, 0.2) is 48.8 Å². The zero-order chi connectivity index (χ0) is 22.8. The average molecular weight is 448 g/mol. The second-order valence-corrected chi connectivity index (χ2v) is 8.49. The number of amides is 2. The lowest BCUT2D eigenvalue weighted by Gasteiger charge is -2.42. The molecule has 172 valence electrons. The Morgan fingerprint density at radius 1 is 1.19 bits per heavy atom. The average Bonchev–Trinajstić information content (AvgIpc) is 2.82. The Hall–Kier alpha value is -2.81. The molecule has 2 aliphatic heterocycles. The Morgan fingerprint density at radius 3 is 2.62 bits per heavy atom. The number of aromatic nitrogens is 1. The van der Waals surface area contributed by atoms with Crippen molar-refractivity contribution >= 4 is 6.03 Å². The number of nitrogens with one attached hydrogen (secondary N) is 1.